The lowest BCUT2D eigenvalue weighted by molar-refractivity contribution is 0.455. The molecule has 3 N–H and O–H groups in total. The van der Waals surface area contributed by atoms with E-state index in [0.29, 0.717) is 23.0 Å². The van der Waals surface area contributed by atoms with Gasteiger partial charge in [-0.25, -0.2) is 18.8 Å². The highest BCUT2D eigenvalue weighted by molar-refractivity contribution is 6.20. The van der Waals surface area contributed by atoms with E-state index in [1.807, 2.05) is 12.1 Å². The molecule has 3 aromatic rings. The molecule has 0 unspecified atom stereocenters. The minimum Gasteiger partial charge on any atom is -0.492 e. The SMILES string of the molecule is Oc1nc(NCc2ccc(F)c(F)c2)[nH]c1C=C1C=Nc2ncccc21. The van der Waals surface area contributed by atoms with E-state index in [0.717, 1.165) is 23.3 Å². The summed E-state index contributed by atoms with van der Waals surface area (Å²) in [6.45, 7) is 0.217. The zero-order valence-electron chi connectivity index (χ0n) is 13.4. The number of imidazole rings is 1. The van der Waals surface area contributed by atoms with Crippen LogP contribution in [-0.2, 0) is 6.54 Å². The quantitative estimate of drug-likeness (QED) is 0.668. The number of nitrogens with zero attached hydrogens (tertiary/aromatic N) is 3. The van der Waals surface area contributed by atoms with Crippen LogP contribution < -0.4 is 5.32 Å². The smallest absolute Gasteiger partial charge is 0.238 e. The number of nitrogens with one attached hydrogen (secondary N) is 2. The predicted octanol–water partition coefficient (Wildman–Crippen LogP) is 3.66. The molecule has 8 heteroatoms. The lowest BCUT2D eigenvalue weighted by Gasteiger charge is -2.03. The van der Waals surface area contributed by atoms with Crippen molar-refractivity contribution in [3.63, 3.8) is 0 Å². The number of aromatic nitrogens is 3. The van der Waals surface area contributed by atoms with Crippen molar-refractivity contribution in [3.8, 4) is 5.88 Å². The fourth-order valence-electron chi connectivity index (χ4n) is 2.59. The molecule has 3 heterocycles. The number of aromatic amines is 1. The Kier molecular flexibility index (Phi) is 3.92. The fourth-order valence-corrected chi connectivity index (χ4v) is 2.59. The van der Waals surface area contributed by atoms with Crippen molar-refractivity contribution in [2.45, 2.75) is 6.54 Å². The van der Waals surface area contributed by atoms with E-state index in [4.69, 9.17) is 0 Å². The molecule has 26 heavy (non-hydrogen) atoms. The van der Waals surface area contributed by atoms with Gasteiger partial charge in [0.25, 0.3) is 0 Å². The molecule has 1 aromatic carbocycles. The van der Waals surface area contributed by atoms with Gasteiger partial charge in [-0.15, -0.1) is 0 Å². The molecule has 0 saturated heterocycles. The third-order valence-electron chi connectivity index (χ3n) is 3.88. The Hall–Kier alpha value is -3.55. The first-order valence-electron chi connectivity index (χ1n) is 7.78. The fraction of sp³-hybridized carbons (Fsp3) is 0.0556. The number of aromatic hydroxyl groups is 1. The molecule has 0 fully saturated rings. The lowest BCUT2D eigenvalue weighted by atomic mass is 10.1. The van der Waals surface area contributed by atoms with E-state index in [9.17, 15) is 13.9 Å². The Bertz CT molecular complexity index is 1040. The molecule has 0 spiro atoms. The van der Waals surface area contributed by atoms with Crippen LogP contribution in [0, 0.1) is 11.6 Å². The first-order chi connectivity index (χ1) is 12.6. The molecule has 0 radical (unpaired) electrons. The number of allylic oxidation sites excluding steroid dienone is 1. The maximum atomic E-state index is 13.2. The number of hydrogen-bond donors (Lipinski definition) is 3. The van der Waals surface area contributed by atoms with Crippen LogP contribution in [-0.4, -0.2) is 26.3 Å². The van der Waals surface area contributed by atoms with E-state index in [2.05, 4.69) is 25.3 Å². The van der Waals surface area contributed by atoms with Crippen molar-refractivity contribution >= 4 is 29.6 Å². The van der Waals surface area contributed by atoms with Crippen LogP contribution in [0.15, 0.2) is 41.5 Å². The van der Waals surface area contributed by atoms with E-state index in [-0.39, 0.29) is 12.4 Å². The number of aliphatic imine (C=N–C) groups is 1. The van der Waals surface area contributed by atoms with Gasteiger partial charge in [-0.1, -0.05) is 6.07 Å². The largest absolute Gasteiger partial charge is 0.492 e. The van der Waals surface area contributed by atoms with Crippen LogP contribution in [0.4, 0.5) is 20.5 Å². The van der Waals surface area contributed by atoms with E-state index >= 15 is 0 Å². The molecular formula is C18H13F2N5O. The Balaban J connectivity index is 1.52. The average molecular weight is 353 g/mol. The van der Waals surface area contributed by atoms with Crippen molar-refractivity contribution in [1.29, 1.82) is 0 Å². The molecular weight excluding hydrogens is 340 g/mol. The standard InChI is InChI=1S/C18H13F2N5O/c19-13-4-3-10(6-14(13)20)8-23-18-24-15(17(26)25-18)7-11-9-22-16-12(11)2-1-5-21-16/h1-7,9,26H,8H2,(H2,23,24,25). The van der Waals surface area contributed by atoms with Gasteiger partial charge in [-0.3, -0.25) is 0 Å². The molecule has 1 aliphatic rings. The lowest BCUT2D eigenvalue weighted by Crippen LogP contribution is -2.01. The third-order valence-corrected chi connectivity index (χ3v) is 3.88. The number of halogens is 2. The van der Waals surface area contributed by atoms with E-state index < -0.39 is 11.6 Å². The molecule has 6 nitrogen and oxygen atoms in total. The van der Waals surface area contributed by atoms with Gasteiger partial charge in [0.2, 0.25) is 11.8 Å². The molecule has 1 aliphatic heterocycles. The summed E-state index contributed by atoms with van der Waals surface area (Å²) in [5, 5.41) is 12.9. The molecule has 4 rings (SSSR count). The van der Waals surface area contributed by atoms with Gasteiger partial charge < -0.3 is 15.4 Å². The van der Waals surface area contributed by atoms with Crippen LogP contribution in [0.2, 0.25) is 0 Å². The van der Waals surface area contributed by atoms with Crippen molar-refractivity contribution in [1.82, 2.24) is 15.0 Å². The molecule has 2 aromatic heterocycles. The molecule has 0 saturated carbocycles. The zero-order chi connectivity index (χ0) is 18.1. The van der Waals surface area contributed by atoms with Gasteiger partial charge >= 0.3 is 0 Å². The summed E-state index contributed by atoms with van der Waals surface area (Å²) in [7, 11) is 0. The van der Waals surface area contributed by atoms with Crippen LogP contribution in [0.3, 0.4) is 0 Å². The minimum absolute atomic E-state index is 0.184. The molecule has 0 aliphatic carbocycles. The van der Waals surface area contributed by atoms with Gasteiger partial charge in [0.05, 0.1) is 0 Å². The van der Waals surface area contributed by atoms with Gasteiger partial charge in [0.15, 0.2) is 17.5 Å². The van der Waals surface area contributed by atoms with Gasteiger partial charge in [-0.05, 0) is 35.9 Å². The van der Waals surface area contributed by atoms with Crippen LogP contribution in [0.25, 0.3) is 11.6 Å². The number of fused-ring (bicyclic) bond motifs is 1. The molecule has 0 amide bonds. The minimum atomic E-state index is -0.912. The summed E-state index contributed by atoms with van der Waals surface area (Å²) < 4.78 is 26.2. The Morgan fingerprint density at radius 3 is 2.92 bits per heavy atom. The van der Waals surface area contributed by atoms with Crippen molar-refractivity contribution in [2.24, 2.45) is 4.99 Å². The van der Waals surface area contributed by atoms with Crippen molar-refractivity contribution in [2.75, 3.05) is 5.32 Å². The van der Waals surface area contributed by atoms with Gasteiger partial charge in [0.1, 0.15) is 5.69 Å². The second-order valence-corrected chi connectivity index (χ2v) is 5.66. The number of pyridine rings is 1. The Morgan fingerprint density at radius 2 is 2.08 bits per heavy atom. The normalized spacial score (nSPS) is 14.0. The highest BCUT2D eigenvalue weighted by Gasteiger charge is 2.15. The second kappa shape index (κ2) is 6.40. The first kappa shape index (κ1) is 15.9. The summed E-state index contributed by atoms with van der Waals surface area (Å²) in [4.78, 5) is 15.3. The maximum Gasteiger partial charge on any atom is 0.238 e. The highest BCUT2D eigenvalue weighted by atomic mass is 19.2. The van der Waals surface area contributed by atoms with Gasteiger partial charge in [-0.2, -0.15) is 4.98 Å². The predicted molar refractivity (Wildman–Crippen MR) is 94.2 cm³/mol. The van der Waals surface area contributed by atoms with Crippen molar-refractivity contribution < 1.29 is 13.9 Å². The molecule has 130 valence electrons. The van der Waals surface area contributed by atoms with E-state index in [1.165, 1.54) is 6.07 Å². The summed E-state index contributed by atoms with van der Waals surface area (Å²) in [5.74, 6) is -1.07. The number of rotatable bonds is 4. The maximum absolute atomic E-state index is 13.2. The van der Waals surface area contributed by atoms with Crippen LogP contribution in [0.1, 0.15) is 16.8 Å². The van der Waals surface area contributed by atoms with Crippen LogP contribution in [0.5, 0.6) is 5.88 Å². The first-order valence-corrected chi connectivity index (χ1v) is 7.78. The number of hydrogen-bond acceptors (Lipinski definition) is 5. The van der Waals surface area contributed by atoms with Crippen LogP contribution >= 0.6 is 0 Å². The topological polar surface area (TPSA) is 86.2 Å². The monoisotopic (exact) mass is 353 g/mol. The summed E-state index contributed by atoms with van der Waals surface area (Å²) in [5.41, 5.74) is 2.59. The van der Waals surface area contributed by atoms with Gasteiger partial charge in [0, 0.05) is 30.1 Å². The molecule has 0 bridgehead atoms. The number of anilines is 1. The Labute approximate surface area is 147 Å². The zero-order valence-corrected chi connectivity index (χ0v) is 13.4. The summed E-state index contributed by atoms with van der Waals surface area (Å²) >= 11 is 0. The molecule has 0 atom stereocenters. The number of H-pyrrole nitrogens is 1. The third kappa shape index (κ3) is 3.04. The highest BCUT2D eigenvalue weighted by Crippen LogP contribution is 2.31. The van der Waals surface area contributed by atoms with E-state index in [1.54, 1.807) is 18.5 Å². The van der Waals surface area contributed by atoms with Crippen molar-refractivity contribution in [3.05, 3.63) is 65.0 Å². The number of benzene rings is 1. The second-order valence-electron chi connectivity index (χ2n) is 5.66. The Morgan fingerprint density at radius 1 is 1.19 bits per heavy atom. The summed E-state index contributed by atoms with van der Waals surface area (Å²) in [6.07, 6.45) is 5.03. The summed E-state index contributed by atoms with van der Waals surface area (Å²) in [6, 6.07) is 7.33. The average Bonchev–Trinajstić information content (AvgIpc) is 3.20.